The zero-order chi connectivity index (χ0) is 58.3. The first-order valence-electron chi connectivity index (χ1n) is 27.7. The maximum absolute atomic E-state index is 13.9. The zero-order valence-electron chi connectivity index (χ0n) is 46.7. The molecule has 9 rings (SSSR count). The third-order valence-corrected chi connectivity index (χ3v) is 14.8. The van der Waals surface area contributed by atoms with Crippen LogP contribution in [0.3, 0.4) is 0 Å². The van der Waals surface area contributed by atoms with Gasteiger partial charge in [0.05, 0.1) is 59.0 Å². The van der Waals surface area contributed by atoms with Crippen molar-refractivity contribution in [3.8, 4) is 0 Å². The number of carbonyl (C=O) groups excluding carboxylic acids is 2. The number of rotatable bonds is 25. The number of fused-ring (bicyclic) bond motifs is 1. The number of amides is 1. The number of alkyl halides is 3. The Labute approximate surface area is 499 Å². The van der Waals surface area contributed by atoms with Crippen molar-refractivity contribution < 1.29 is 75.9 Å². The van der Waals surface area contributed by atoms with Crippen LogP contribution in [0.5, 0.6) is 0 Å². The molecule has 0 spiro atoms. The van der Waals surface area contributed by atoms with Crippen LogP contribution < -0.4 is 5.32 Å². The van der Waals surface area contributed by atoms with Crippen LogP contribution in [0, 0.1) is 0 Å². The first-order valence-corrected chi connectivity index (χ1v) is 28.9. The number of ether oxygens (including phenoxy) is 14. The molecule has 4 aliphatic heterocycles. The molecule has 15 atom stereocenters. The number of halogens is 3. The first kappa shape index (κ1) is 62.7. The molecule has 0 saturated carbocycles. The zero-order valence-corrected chi connectivity index (χ0v) is 49.0. The molecule has 5 aromatic rings. The Morgan fingerprint density at radius 3 is 1.58 bits per heavy atom. The third-order valence-electron chi connectivity index (χ3n) is 14.3. The number of carbonyl (C=O) groups is 2. The van der Waals surface area contributed by atoms with E-state index in [4.69, 9.17) is 101 Å². The fraction of sp³-hybridized carbons (Fsp3) is 0.460. The van der Waals surface area contributed by atoms with Gasteiger partial charge in [-0.1, -0.05) is 193 Å². The molecule has 0 aliphatic carbocycles. The molecule has 5 aromatic carbocycles. The van der Waals surface area contributed by atoms with E-state index in [1.54, 1.807) is 19.9 Å². The highest BCUT2D eigenvalue weighted by atomic mass is 35.6. The Kier molecular flexibility index (Phi) is 22.6. The van der Waals surface area contributed by atoms with Crippen molar-refractivity contribution in [2.45, 2.75) is 162 Å². The van der Waals surface area contributed by atoms with Gasteiger partial charge in [-0.15, -0.1) is 6.58 Å². The smallest absolute Gasteiger partial charge is 0.303 e. The van der Waals surface area contributed by atoms with E-state index in [2.05, 4.69) is 11.9 Å². The summed E-state index contributed by atoms with van der Waals surface area (Å²) in [5, 5.41) is 2.73. The minimum Gasteiger partial charge on any atom is -0.457 e. The molecule has 446 valence electrons. The minimum atomic E-state index is -2.49. The highest BCUT2D eigenvalue weighted by molar-refractivity contribution is 6.76. The Morgan fingerprint density at radius 2 is 1.07 bits per heavy atom. The van der Waals surface area contributed by atoms with Crippen molar-refractivity contribution in [3.05, 3.63) is 192 Å². The molecular weight excluding hydrogens is 1130 g/mol. The summed E-state index contributed by atoms with van der Waals surface area (Å²) in [5.41, 5.74) is 4.48. The second-order valence-electron chi connectivity index (χ2n) is 21.0. The summed E-state index contributed by atoms with van der Waals surface area (Å²) in [7, 11) is 0. The van der Waals surface area contributed by atoms with Gasteiger partial charge < -0.3 is 71.6 Å². The molecule has 0 radical (unpaired) electrons. The summed E-state index contributed by atoms with van der Waals surface area (Å²) in [6.45, 7) is 11.1. The number of hydrogen-bond donors (Lipinski definition) is 1. The second-order valence-corrected chi connectivity index (χ2v) is 23.3. The summed E-state index contributed by atoms with van der Waals surface area (Å²) in [6, 6.07) is 47.3. The molecular formula is C63H72Cl3NO16. The van der Waals surface area contributed by atoms with Crippen LogP contribution in [0.25, 0.3) is 0 Å². The lowest BCUT2D eigenvalue weighted by Gasteiger charge is -2.53. The maximum Gasteiger partial charge on any atom is 0.303 e. The van der Waals surface area contributed by atoms with Gasteiger partial charge in [0, 0.05) is 6.92 Å². The van der Waals surface area contributed by atoms with E-state index in [0.29, 0.717) is 0 Å². The number of hydrogen-bond acceptors (Lipinski definition) is 16. The molecule has 1 amide bonds. The van der Waals surface area contributed by atoms with Gasteiger partial charge in [-0.3, -0.25) is 9.59 Å². The number of nitrogens with one attached hydrogen (secondary N) is 1. The molecule has 4 heterocycles. The van der Waals surface area contributed by atoms with Crippen molar-refractivity contribution in [3.63, 3.8) is 0 Å². The standard InChI is InChI=1S/C63H72Cl3NO16/c1-6-32-71-59-57(82-58-49(67-61(69)63(64,65)66)53(78-41(3)68)52-48(79-58)39-76-62(4,5)83-52)55(50(40(2)77-59)72-34-43-24-14-8-15-25-43)81-60-56(75-37-46-30-20-11-21-31-46)54(74-36-45-28-18-10-19-29-45)51(73-35-44-26-16-9-17-27-44)47(80-60)38-70-33-42-22-12-7-13-23-42/h6-31,40,47-60H,1,32-39H2,2-5H3,(H,67,69)/t40-,47+,48+,49+,50-,51+,52+,53+,54-,55+,56+,57+,58-,59+,60+/m0/s1. The molecule has 1 N–H and O–H groups in total. The Hall–Kier alpha value is -4.87. The van der Waals surface area contributed by atoms with E-state index in [0.717, 1.165) is 27.8 Å². The molecule has 20 heteroatoms. The van der Waals surface area contributed by atoms with Crippen molar-refractivity contribution in [1.82, 2.24) is 5.32 Å². The van der Waals surface area contributed by atoms with Gasteiger partial charge in [0.15, 0.2) is 30.8 Å². The lowest BCUT2D eigenvalue weighted by molar-refractivity contribution is -0.404. The van der Waals surface area contributed by atoms with Gasteiger partial charge in [0.1, 0.15) is 61.0 Å². The monoisotopic (exact) mass is 1200 g/mol. The number of esters is 1. The largest absolute Gasteiger partial charge is 0.457 e. The minimum absolute atomic E-state index is 0.0185. The lowest BCUT2D eigenvalue weighted by atomic mass is 9.94. The van der Waals surface area contributed by atoms with Crippen molar-refractivity contribution in [2.24, 2.45) is 0 Å². The molecule has 83 heavy (non-hydrogen) atoms. The third kappa shape index (κ3) is 17.4. The van der Waals surface area contributed by atoms with Crippen LogP contribution in [-0.4, -0.2) is 133 Å². The predicted molar refractivity (Wildman–Crippen MR) is 306 cm³/mol. The average Bonchev–Trinajstić information content (AvgIpc) is 3.23. The van der Waals surface area contributed by atoms with Crippen LogP contribution in [0.15, 0.2) is 164 Å². The fourth-order valence-corrected chi connectivity index (χ4v) is 10.6. The van der Waals surface area contributed by atoms with Crippen molar-refractivity contribution >= 4 is 46.7 Å². The van der Waals surface area contributed by atoms with E-state index < -0.39 is 114 Å². The summed E-state index contributed by atoms with van der Waals surface area (Å²) < 4.78 is 92.5. The topological polar surface area (TPSA) is 175 Å². The van der Waals surface area contributed by atoms with Crippen molar-refractivity contribution in [1.29, 1.82) is 0 Å². The molecule has 4 saturated heterocycles. The van der Waals surface area contributed by atoms with Gasteiger partial charge in [-0.25, -0.2) is 0 Å². The summed E-state index contributed by atoms with van der Waals surface area (Å²) in [5.74, 6) is -2.95. The van der Waals surface area contributed by atoms with Gasteiger partial charge >= 0.3 is 5.97 Å². The van der Waals surface area contributed by atoms with Gasteiger partial charge in [0.2, 0.25) is 0 Å². The predicted octanol–water partition coefficient (Wildman–Crippen LogP) is 9.65. The molecule has 0 bridgehead atoms. The SMILES string of the molecule is C=CCO[C@@H]1O[C@@H](C)[C@H](OCc2ccccc2)[C@@H](O[C@H]2O[C@H](COCc3ccccc3)[C@@H](OCc3ccccc3)[C@H](OCc3ccccc3)[C@H]2OCc2ccccc2)[C@H]1O[C@@H]1O[C@@H]2COC(C)(C)O[C@H]2[C@H](OC(C)=O)[C@H]1NC(=O)C(Cl)(Cl)Cl. The Morgan fingerprint density at radius 1 is 0.590 bits per heavy atom. The normalized spacial score (nSPS) is 29.7. The Balaban J connectivity index is 1.16. The van der Waals surface area contributed by atoms with Crippen LogP contribution in [0.4, 0.5) is 0 Å². The maximum atomic E-state index is 13.9. The van der Waals surface area contributed by atoms with Gasteiger partial charge in [0.25, 0.3) is 9.70 Å². The molecule has 0 aromatic heterocycles. The fourth-order valence-electron chi connectivity index (χ4n) is 10.4. The average molecular weight is 1210 g/mol. The van der Waals surface area contributed by atoms with E-state index in [1.165, 1.54) is 6.92 Å². The van der Waals surface area contributed by atoms with Crippen LogP contribution in [-0.2, 0) is 109 Å². The van der Waals surface area contributed by atoms with Gasteiger partial charge in [-0.2, -0.15) is 0 Å². The van der Waals surface area contributed by atoms with Crippen LogP contribution in [0.1, 0.15) is 55.5 Å². The quantitative estimate of drug-likeness (QED) is 0.0332. The Bertz CT molecular complexity index is 2770. The summed E-state index contributed by atoms with van der Waals surface area (Å²) in [4.78, 5) is 27.0. The highest BCUT2D eigenvalue weighted by Crippen LogP contribution is 2.41. The molecule has 0 unspecified atom stereocenters. The number of benzene rings is 5. The van der Waals surface area contributed by atoms with Crippen molar-refractivity contribution in [2.75, 3.05) is 19.8 Å². The summed E-state index contributed by atoms with van der Waals surface area (Å²) >= 11 is 18.7. The summed E-state index contributed by atoms with van der Waals surface area (Å²) in [6.07, 6.45) is -13.8. The van der Waals surface area contributed by atoms with E-state index in [1.807, 2.05) is 159 Å². The second kappa shape index (κ2) is 30.0. The highest BCUT2D eigenvalue weighted by Gasteiger charge is 2.59. The molecule has 17 nitrogen and oxygen atoms in total. The molecule has 4 aliphatic rings. The van der Waals surface area contributed by atoms with E-state index in [9.17, 15) is 9.59 Å². The van der Waals surface area contributed by atoms with E-state index >= 15 is 0 Å². The lowest BCUT2D eigenvalue weighted by Crippen LogP contribution is -2.71. The van der Waals surface area contributed by atoms with Crippen LogP contribution in [0.2, 0.25) is 0 Å². The van der Waals surface area contributed by atoms with Crippen LogP contribution >= 0.6 is 34.8 Å². The van der Waals surface area contributed by atoms with E-state index in [-0.39, 0.29) is 52.9 Å². The first-order chi connectivity index (χ1) is 40.1. The molecule has 4 fully saturated rings. The van der Waals surface area contributed by atoms with Gasteiger partial charge in [-0.05, 0) is 48.6 Å².